The van der Waals surface area contributed by atoms with Gasteiger partial charge in [0.15, 0.2) is 8.32 Å². The van der Waals surface area contributed by atoms with Gasteiger partial charge in [0.05, 0.1) is 6.10 Å². The molecule has 24 heavy (non-hydrogen) atoms. The van der Waals surface area contributed by atoms with E-state index in [1.54, 1.807) is 0 Å². The molecule has 0 aromatic heterocycles. The lowest BCUT2D eigenvalue weighted by Crippen LogP contribution is -2.63. The van der Waals surface area contributed by atoms with Crippen LogP contribution in [0.4, 0.5) is 0 Å². The standard InChI is InChI=1S/C21H40O2Si/c1-18(2,3)24(7,8)23-14-21-12-9-15-16(13-19(15,4)5)20(21,6)11-10-17(21)22/h15-17,22H,9-14H2,1-8H3/t15-,16+,17+,20+,21-/m1/s1. The average molecular weight is 353 g/mol. The van der Waals surface area contributed by atoms with Gasteiger partial charge in [0.1, 0.15) is 0 Å². The highest BCUT2D eigenvalue weighted by molar-refractivity contribution is 6.74. The zero-order valence-electron chi connectivity index (χ0n) is 17.3. The molecule has 3 aliphatic carbocycles. The van der Waals surface area contributed by atoms with Crippen LogP contribution >= 0.6 is 0 Å². The van der Waals surface area contributed by atoms with Gasteiger partial charge in [-0.15, -0.1) is 0 Å². The van der Waals surface area contributed by atoms with Gasteiger partial charge in [-0.25, -0.2) is 0 Å². The van der Waals surface area contributed by atoms with Gasteiger partial charge in [-0.05, 0) is 72.9 Å². The van der Waals surface area contributed by atoms with E-state index in [0.29, 0.717) is 5.41 Å². The predicted molar refractivity (Wildman–Crippen MR) is 104 cm³/mol. The van der Waals surface area contributed by atoms with Crippen LogP contribution in [0.2, 0.25) is 18.1 Å². The van der Waals surface area contributed by atoms with Crippen LogP contribution in [-0.2, 0) is 4.43 Å². The van der Waals surface area contributed by atoms with Crippen molar-refractivity contribution < 1.29 is 9.53 Å². The lowest BCUT2D eigenvalue weighted by Gasteiger charge is -2.67. The third kappa shape index (κ3) is 2.40. The lowest BCUT2D eigenvalue weighted by molar-refractivity contribution is -0.201. The normalized spacial score (nSPS) is 44.6. The molecule has 1 N–H and O–H groups in total. The van der Waals surface area contributed by atoms with Crippen LogP contribution in [0.15, 0.2) is 0 Å². The highest BCUT2D eigenvalue weighted by Gasteiger charge is 2.69. The number of aliphatic hydroxyl groups is 1. The van der Waals surface area contributed by atoms with E-state index in [-0.39, 0.29) is 22.0 Å². The maximum atomic E-state index is 11.0. The fraction of sp³-hybridized carbons (Fsp3) is 1.00. The number of hydrogen-bond acceptors (Lipinski definition) is 2. The van der Waals surface area contributed by atoms with Crippen molar-refractivity contribution >= 4 is 8.32 Å². The summed E-state index contributed by atoms with van der Waals surface area (Å²) in [5.74, 6) is 1.65. The first kappa shape index (κ1) is 18.9. The van der Waals surface area contributed by atoms with Gasteiger partial charge >= 0.3 is 0 Å². The molecule has 0 spiro atoms. The maximum absolute atomic E-state index is 11.0. The van der Waals surface area contributed by atoms with Crippen molar-refractivity contribution in [2.45, 2.75) is 97.9 Å². The van der Waals surface area contributed by atoms with Gasteiger partial charge in [-0.1, -0.05) is 41.5 Å². The van der Waals surface area contributed by atoms with E-state index in [0.717, 1.165) is 31.3 Å². The quantitative estimate of drug-likeness (QED) is 0.669. The van der Waals surface area contributed by atoms with Crippen LogP contribution in [-0.4, -0.2) is 26.1 Å². The Hall–Kier alpha value is 0.137. The van der Waals surface area contributed by atoms with Crippen molar-refractivity contribution in [2.75, 3.05) is 6.61 Å². The summed E-state index contributed by atoms with van der Waals surface area (Å²) in [6.45, 7) is 19.8. The van der Waals surface area contributed by atoms with Crippen LogP contribution in [0.25, 0.3) is 0 Å². The topological polar surface area (TPSA) is 29.5 Å². The fourth-order valence-electron chi connectivity index (χ4n) is 6.13. The minimum absolute atomic E-state index is 0.000185. The molecule has 3 saturated carbocycles. The minimum atomic E-state index is -1.78. The zero-order valence-corrected chi connectivity index (χ0v) is 18.3. The summed E-state index contributed by atoms with van der Waals surface area (Å²) in [6.07, 6.45) is 5.77. The van der Waals surface area contributed by atoms with Crippen molar-refractivity contribution in [3.8, 4) is 0 Å². The maximum Gasteiger partial charge on any atom is 0.192 e. The van der Waals surface area contributed by atoms with Crippen LogP contribution in [0.3, 0.4) is 0 Å². The third-order valence-corrected chi connectivity index (χ3v) is 13.6. The summed E-state index contributed by atoms with van der Waals surface area (Å²) in [5.41, 5.74) is 0.779. The molecule has 140 valence electrons. The molecule has 0 aromatic rings. The van der Waals surface area contributed by atoms with Gasteiger partial charge in [-0.2, -0.15) is 0 Å². The molecule has 0 aliphatic heterocycles. The van der Waals surface area contributed by atoms with Gasteiger partial charge in [0.2, 0.25) is 0 Å². The van der Waals surface area contributed by atoms with Crippen molar-refractivity contribution in [3.63, 3.8) is 0 Å². The number of hydrogen-bond donors (Lipinski definition) is 1. The molecular weight excluding hydrogens is 312 g/mol. The predicted octanol–water partition coefficient (Wildman–Crippen LogP) is 5.61. The molecule has 0 unspecified atom stereocenters. The summed E-state index contributed by atoms with van der Waals surface area (Å²) in [7, 11) is -1.78. The molecule has 3 aliphatic rings. The Morgan fingerprint density at radius 3 is 2.21 bits per heavy atom. The summed E-state index contributed by atoms with van der Waals surface area (Å²) in [5, 5.41) is 11.3. The molecule has 0 amide bonds. The van der Waals surface area contributed by atoms with Crippen molar-refractivity contribution in [1.82, 2.24) is 0 Å². The first-order valence-electron chi connectivity index (χ1n) is 10.1. The van der Waals surface area contributed by atoms with E-state index in [1.807, 2.05) is 0 Å². The molecule has 2 nitrogen and oxygen atoms in total. The Balaban J connectivity index is 1.85. The summed E-state index contributed by atoms with van der Waals surface area (Å²) in [4.78, 5) is 0. The SMILES string of the molecule is CC1(C)C[C@H]2[C@H]1CC[C@@]1(CO[Si](C)(C)C(C)(C)C)[C@@H](O)CC[C@@]21C. The van der Waals surface area contributed by atoms with E-state index in [2.05, 4.69) is 54.6 Å². The van der Waals surface area contributed by atoms with Crippen LogP contribution in [0, 0.1) is 28.1 Å². The van der Waals surface area contributed by atoms with E-state index < -0.39 is 8.32 Å². The summed E-state index contributed by atoms with van der Waals surface area (Å²) < 4.78 is 6.71. The summed E-state index contributed by atoms with van der Waals surface area (Å²) >= 11 is 0. The zero-order chi connectivity index (χ0) is 18.2. The highest BCUT2D eigenvalue weighted by atomic mass is 28.4. The lowest BCUT2D eigenvalue weighted by atomic mass is 9.39. The summed E-state index contributed by atoms with van der Waals surface area (Å²) in [6, 6.07) is 0. The second-order valence-electron chi connectivity index (χ2n) is 11.6. The smallest absolute Gasteiger partial charge is 0.192 e. The van der Waals surface area contributed by atoms with E-state index in [1.165, 1.54) is 19.3 Å². The van der Waals surface area contributed by atoms with Crippen molar-refractivity contribution in [3.05, 3.63) is 0 Å². The monoisotopic (exact) mass is 352 g/mol. The van der Waals surface area contributed by atoms with Gasteiger partial charge in [0.25, 0.3) is 0 Å². The second kappa shape index (κ2) is 5.33. The molecule has 0 saturated heterocycles. The average Bonchev–Trinajstić information content (AvgIpc) is 2.68. The van der Waals surface area contributed by atoms with Crippen molar-refractivity contribution in [1.29, 1.82) is 0 Å². The van der Waals surface area contributed by atoms with Gasteiger partial charge in [-0.3, -0.25) is 0 Å². The first-order chi connectivity index (χ1) is 10.8. The van der Waals surface area contributed by atoms with Crippen LogP contribution < -0.4 is 0 Å². The highest BCUT2D eigenvalue weighted by Crippen LogP contribution is 2.73. The molecule has 0 heterocycles. The first-order valence-corrected chi connectivity index (χ1v) is 13.0. The molecule has 3 fully saturated rings. The van der Waals surface area contributed by atoms with Gasteiger partial charge < -0.3 is 9.53 Å². The third-order valence-electron chi connectivity index (χ3n) is 9.16. The molecule has 3 heteroatoms. The molecule has 0 aromatic carbocycles. The Labute approximate surface area is 150 Å². The number of fused-ring (bicyclic) bond motifs is 3. The minimum Gasteiger partial charge on any atom is -0.416 e. The van der Waals surface area contributed by atoms with E-state index in [4.69, 9.17) is 4.43 Å². The molecule has 0 radical (unpaired) electrons. The van der Waals surface area contributed by atoms with Crippen molar-refractivity contribution in [2.24, 2.45) is 28.1 Å². The number of aliphatic hydroxyl groups excluding tert-OH is 1. The Morgan fingerprint density at radius 1 is 1.04 bits per heavy atom. The molecule has 3 rings (SSSR count). The Bertz CT molecular complexity index is 506. The molecule has 5 atom stereocenters. The van der Waals surface area contributed by atoms with Gasteiger partial charge in [0, 0.05) is 12.0 Å². The van der Waals surface area contributed by atoms with E-state index in [9.17, 15) is 5.11 Å². The second-order valence-corrected chi connectivity index (χ2v) is 16.4. The van der Waals surface area contributed by atoms with Crippen LogP contribution in [0.1, 0.15) is 73.6 Å². The number of rotatable bonds is 3. The van der Waals surface area contributed by atoms with Crippen LogP contribution in [0.5, 0.6) is 0 Å². The largest absolute Gasteiger partial charge is 0.416 e. The Morgan fingerprint density at radius 2 is 1.67 bits per heavy atom. The molecular formula is C21H40O2Si. The fourth-order valence-corrected chi connectivity index (χ4v) is 7.18. The molecule has 0 bridgehead atoms. The van der Waals surface area contributed by atoms with E-state index >= 15 is 0 Å². The Kier molecular flexibility index (Phi) is 4.20.